The maximum absolute atomic E-state index is 12.0. The summed E-state index contributed by atoms with van der Waals surface area (Å²) in [5.74, 6) is -0.266. The molecule has 3 atom stereocenters. The van der Waals surface area contributed by atoms with Gasteiger partial charge in [-0.3, -0.25) is 9.48 Å². The fourth-order valence-corrected chi connectivity index (χ4v) is 2.38. The second-order valence-corrected chi connectivity index (χ2v) is 4.97. The molecule has 104 valence electrons. The Balaban J connectivity index is 1.70. The number of nitrogens with zero attached hydrogens (tertiary/aromatic N) is 4. The molecule has 0 aliphatic heterocycles. The third-order valence-electron chi connectivity index (χ3n) is 3.47. The van der Waals surface area contributed by atoms with E-state index in [1.54, 1.807) is 16.9 Å². The zero-order valence-electron chi connectivity index (χ0n) is 11.0. The molecular weight excluding hydrogens is 258 g/mol. The van der Waals surface area contributed by atoms with Crippen LogP contribution >= 0.6 is 0 Å². The molecule has 2 aromatic rings. The summed E-state index contributed by atoms with van der Waals surface area (Å²) >= 11 is 0. The van der Waals surface area contributed by atoms with Crippen LogP contribution in [0.1, 0.15) is 28.5 Å². The van der Waals surface area contributed by atoms with Gasteiger partial charge in [-0.2, -0.15) is 5.10 Å². The Morgan fingerprint density at radius 3 is 3.00 bits per heavy atom. The van der Waals surface area contributed by atoms with Gasteiger partial charge in [0.25, 0.3) is 5.91 Å². The van der Waals surface area contributed by atoms with E-state index in [2.05, 4.69) is 20.4 Å². The molecule has 1 amide bonds. The normalized spacial score (nSPS) is 25.0. The molecule has 1 saturated carbocycles. The van der Waals surface area contributed by atoms with E-state index < -0.39 is 6.10 Å². The van der Waals surface area contributed by atoms with Crippen LogP contribution in [-0.2, 0) is 0 Å². The highest BCUT2D eigenvalue weighted by molar-refractivity contribution is 5.92. The molecule has 7 nitrogen and oxygen atoms in total. The molecule has 3 rings (SSSR count). The van der Waals surface area contributed by atoms with Crippen molar-refractivity contribution < 1.29 is 9.90 Å². The van der Waals surface area contributed by atoms with E-state index in [0.717, 1.165) is 5.56 Å². The van der Waals surface area contributed by atoms with Crippen molar-refractivity contribution in [2.75, 3.05) is 0 Å². The number of aromatic nitrogens is 4. The SMILES string of the molecule is Cc1cnn([C@H]2[C@H](O)C[C@@H]2NC(=O)c2ccncn2)c1. The van der Waals surface area contributed by atoms with Gasteiger partial charge in [0, 0.05) is 12.4 Å². The fraction of sp³-hybridized carbons (Fsp3) is 0.385. The number of nitrogens with one attached hydrogen (secondary N) is 1. The molecule has 0 radical (unpaired) electrons. The maximum Gasteiger partial charge on any atom is 0.270 e. The van der Waals surface area contributed by atoms with E-state index in [9.17, 15) is 9.90 Å². The Labute approximate surface area is 115 Å². The van der Waals surface area contributed by atoms with Gasteiger partial charge in [0.15, 0.2) is 0 Å². The molecule has 1 aliphatic rings. The minimum Gasteiger partial charge on any atom is -0.391 e. The van der Waals surface area contributed by atoms with Crippen LogP contribution in [0.3, 0.4) is 0 Å². The summed E-state index contributed by atoms with van der Waals surface area (Å²) in [4.78, 5) is 19.7. The second kappa shape index (κ2) is 5.01. The van der Waals surface area contributed by atoms with Crippen molar-refractivity contribution in [2.24, 2.45) is 0 Å². The zero-order chi connectivity index (χ0) is 14.1. The first kappa shape index (κ1) is 12.7. The van der Waals surface area contributed by atoms with E-state index >= 15 is 0 Å². The molecule has 0 bridgehead atoms. The zero-order valence-corrected chi connectivity index (χ0v) is 11.0. The van der Waals surface area contributed by atoms with Crippen molar-refractivity contribution in [3.8, 4) is 0 Å². The first-order chi connectivity index (χ1) is 9.65. The molecule has 1 aliphatic carbocycles. The molecule has 20 heavy (non-hydrogen) atoms. The van der Waals surface area contributed by atoms with Crippen molar-refractivity contribution >= 4 is 5.91 Å². The second-order valence-electron chi connectivity index (χ2n) is 4.97. The standard InChI is InChI=1S/C13H15N5O2/c1-8-5-16-18(6-8)12-10(4-11(12)19)17-13(20)9-2-3-14-7-15-9/h2-3,5-7,10-12,19H,4H2,1H3,(H,17,20)/t10-,11+,12+/m0/s1. The van der Waals surface area contributed by atoms with Crippen LogP contribution in [0.15, 0.2) is 31.0 Å². The molecule has 7 heteroatoms. The number of carbonyl (C=O) groups is 1. The number of hydrogen-bond donors (Lipinski definition) is 2. The number of rotatable bonds is 3. The summed E-state index contributed by atoms with van der Waals surface area (Å²) in [6.45, 7) is 1.93. The lowest BCUT2D eigenvalue weighted by Gasteiger charge is -2.41. The Hall–Kier alpha value is -2.28. The van der Waals surface area contributed by atoms with Gasteiger partial charge >= 0.3 is 0 Å². The van der Waals surface area contributed by atoms with Gasteiger partial charge < -0.3 is 10.4 Å². The van der Waals surface area contributed by atoms with Crippen molar-refractivity contribution in [1.29, 1.82) is 0 Å². The predicted octanol–water partition coefficient (Wildman–Crippen LogP) is 0.0858. The molecule has 2 aromatic heterocycles. The highest BCUT2D eigenvalue weighted by Crippen LogP contribution is 2.32. The van der Waals surface area contributed by atoms with Crippen LogP contribution in [0.2, 0.25) is 0 Å². The average molecular weight is 273 g/mol. The van der Waals surface area contributed by atoms with Crippen molar-refractivity contribution in [2.45, 2.75) is 31.5 Å². The van der Waals surface area contributed by atoms with Gasteiger partial charge in [-0.1, -0.05) is 0 Å². The van der Waals surface area contributed by atoms with Crippen LogP contribution in [0, 0.1) is 6.92 Å². The number of aryl methyl sites for hydroxylation is 1. The van der Waals surface area contributed by atoms with Gasteiger partial charge in [0.2, 0.25) is 0 Å². The third kappa shape index (κ3) is 2.27. The number of aliphatic hydroxyl groups is 1. The molecule has 0 spiro atoms. The first-order valence-corrected chi connectivity index (χ1v) is 6.41. The van der Waals surface area contributed by atoms with E-state index in [0.29, 0.717) is 12.1 Å². The Morgan fingerprint density at radius 1 is 1.55 bits per heavy atom. The van der Waals surface area contributed by atoms with Gasteiger partial charge in [-0.05, 0) is 25.0 Å². The third-order valence-corrected chi connectivity index (χ3v) is 3.47. The monoisotopic (exact) mass is 273 g/mol. The molecule has 0 unspecified atom stereocenters. The Morgan fingerprint density at radius 2 is 2.40 bits per heavy atom. The van der Waals surface area contributed by atoms with Crippen molar-refractivity contribution in [1.82, 2.24) is 25.1 Å². The van der Waals surface area contributed by atoms with Crippen LogP contribution in [0.25, 0.3) is 0 Å². The number of carbonyl (C=O) groups excluding carboxylic acids is 1. The van der Waals surface area contributed by atoms with Gasteiger partial charge in [-0.15, -0.1) is 0 Å². The average Bonchev–Trinajstić information content (AvgIpc) is 2.84. The molecule has 2 heterocycles. The van der Waals surface area contributed by atoms with Crippen LogP contribution < -0.4 is 5.32 Å². The van der Waals surface area contributed by atoms with Crippen LogP contribution in [0.4, 0.5) is 0 Å². The summed E-state index contributed by atoms with van der Waals surface area (Å²) < 4.78 is 1.70. The fourth-order valence-electron chi connectivity index (χ4n) is 2.38. The Bertz CT molecular complexity index is 612. The minimum atomic E-state index is -0.495. The predicted molar refractivity (Wildman–Crippen MR) is 69.9 cm³/mol. The van der Waals surface area contributed by atoms with Gasteiger partial charge in [0.05, 0.1) is 24.4 Å². The van der Waals surface area contributed by atoms with Gasteiger partial charge in [-0.25, -0.2) is 9.97 Å². The summed E-state index contributed by atoms with van der Waals surface area (Å²) in [5.41, 5.74) is 1.33. The molecule has 0 saturated heterocycles. The molecule has 2 N–H and O–H groups in total. The lowest BCUT2D eigenvalue weighted by Crippen LogP contribution is -2.56. The van der Waals surface area contributed by atoms with Crippen molar-refractivity contribution in [3.63, 3.8) is 0 Å². The lowest BCUT2D eigenvalue weighted by molar-refractivity contribution is -0.00597. The quantitative estimate of drug-likeness (QED) is 0.826. The number of amides is 1. The lowest BCUT2D eigenvalue weighted by atomic mass is 9.83. The van der Waals surface area contributed by atoms with Crippen molar-refractivity contribution in [3.05, 3.63) is 42.2 Å². The van der Waals surface area contributed by atoms with Crippen LogP contribution in [0.5, 0.6) is 0 Å². The number of aliphatic hydroxyl groups excluding tert-OH is 1. The van der Waals surface area contributed by atoms with E-state index in [-0.39, 0.29) is 18.0 Å². The molecule has 0 aromatic carbocycles. The summed E-state index contributed by atoms with van der Waals surface area (Å²) in [6.07, 6.45) is 6.46. The summed E-state index contributed by atoms with van der Waals surface area (Å²) in [7, 11) is 0. The maximum atomic E-state index is 12.0. The molecular formula is C13H15N5O2. The smallest absolute Gasteiger partial charge is 0.270 e. The highest BCUT2D eigenvalue weighted by Gasteiger charge is 2.42. The van der Waals surface area contributed by atoms with E-state index in [1.807, 2.05) is 13.1 Å². The summed E-state index contributed by atoms with van der Waals surface area (Å²) in [5, 5.41) is 17.0. The van der Waals surface area contributed by atoms with E-state index in [1.165, 1.54) is 12.5 Å². The Kier molecular flexibility index (Phi) is 3.19. The minimum absolute atomic E-state index is 0.147. The largest absolute Gasteiger partial charge is 0.391 e. The summed E-state index contributed by atoms with van der Waals surface area (Å²) in [6, 6.07) is 1.18. The molecule has 1 fully saturated rings. The highest BCUT2D eigenvalue weighted by atomic mass is 16.3. The number of hydrogen-bond acceptors (Lipinski definition) is 5. The van der Waals surface area contributed by atoms with Crippen LogP contribution in [-0.4, -0.2) is 42.9 Å². The van der Waals surface area contributed by atoms with Gasteiger partial charge in [0.1, 0.15) is 12.0 Å². The topological polar surface area (TPSA) is 92.9 Å². The first-order valence-electron chi connectivity index (χ1n) is 6.41. The van der Waals surface area contributed by atoms with E-state index in [4.69, 9.17) is 0 Å².